The molecule has 0 aliphatic heterocycles. The molecule has 0 atom stereocenters. The summed E-state index contributed by atoms with van der Waals surface area (Å²) in [5.41, 5.74) is 2.06. The van der Waals surface area contributed by atoms with Crippen molar-refractivity contribution in [1.82, 2.24) is 20.3 Å². The maximum Gasteiger partial charge on any atom is 0.0951 e. The van der Waals surface area contributed by atoms with E-state index < -0.39 is 0 Å². The maximum absolute atomic E-state index is 4.61. The third kappa shape index (κ3) is 3.13. The quantitative estimate of drug-likeness (QED) is 0.723. The number of rotatable bonds is 5. The Hall–Kier alpha value is -1.85. The molecule has 2 heterocycles. The van der Waals surface area contributed by atoms with Crippen LogP contribution in [0.5, 0.6) is 0 Å². The average Bonchev–Trinajstić information content (AvgIpc) is 2.87. The highest BCUT2D eigenvalue weighted by atomic mass is 32.1. The Morgan fingerprint density at radius 2 is 2.11 bits per heavy atom. The molecule has 0 saturated carbocycles. The highest BCUT2D eigenvalue weighted by molar-refractivity contribution is 7.18. The van der Waals surface area contributed by atoms with Crippen molar-refractivity contribution >= 4 is 21.6 Å². The van der Waals surface area contributed by atoms with Gasteiger partial charge in [-0.1, -0.05) is 12.1 Å². The van der Waals surface area contributed by atoms with E-state index in [2.05, 4.69) is 38.5 Å². The number of aromatic nitrogens is 3. The second kappa shape index (κ2) is 5.86. The molecule has 1 N–H and O–H groups in total. The van der Waals surface area contributed by atoms with Crippen molar-refractivity contribution in [3.8, 4) is 0 Å². The molecule has 96 valence electrons. The lowest BCUT2D eigenvalue weighted by atomic mass is 10.3. The smallest absolute Gasteiger partial charge is 0.0951 e. The Labute approximate surface area is 115 Å². The van der Waals surface area contributed by atoms with Crippen LogP contribution in [-0.4, -0.2) is 21.5 Å². The van der Waals surface area contributed by atoms with Gasteiger partial charge in [-0.3, -0.25) is 9.97 Å². The summed E-state index contributed by atoms with van der Waals surface area (Å²) in [6, 6.07) is 8.25. The first kappa shape index (κ1) is 12.2. The van der Waals surface area contributed by atoms with Crippen LogP contribution < -0.4 is 5.32 Å². The largest absolute Gasteiger partial charge is 0.311 e. The minimum absolute atomic E-state index is 0.749. The molecule has 0 aliphatic rings. The minimum Gasteiger partial charge on any atom is -0.311 e. The van der Waals surface area contributed by atoms with Gasteiger partial charge in [-0.15, -0.1) is 11.3 Å². The Morgan fingerprint density at radius 1 is 1.16 bits per heavy atom. The molecule has 0 unspecified atom stereocenters. The SMILES string of the molecule is c1ccc2sc(CCNCc3cnccn3)nc2c1. The van der Waals surface area contributed by atoms with Gasteiger partial charge in [0.15, 0.2) is 0 Å². The van der Waals surface area contributed by atoms with E-state index in [1.807, 2.05) is 6.07 Å². The number of para-hydroxylation sites is 1. The van der Waals surface area contributed by atoms with Crippen LogP contribution in [0.25, 0.3) is 10.2 Å². The highest BCUT2D eigenvalue weighted by Gasteiger charge is 2.02. The van der Waals surface area contributed by atoms with Crippen LogP contribution in [0.3, 0.4) is 0 Å². The lowest BCUT2D eigenvalue weighted by Gasteiger charge is -2.01. The van der Waals surface area contributed by atoms with E-state index in [9.17, 15) is 0 Å². The molecule has 3 rings (SSSR count). The monoisotopic (exact) mass is 270 g/mol. The zero-order valence-corrected chi connectivity index (χ0v) is 11.2. The Morgan fingerprint density at radius 3 is 2.95 bits per heavy atom. The van der Waals surface area contributed by atoms with Crippen LogP contribution in [0.4, 0.5) is 0 Å². The molecule has 4 nitrogen and oxygen atoms in total. The van der Waals surface area contributed by atoms with Crippen molar-refractivity contribution in [2.75, 3.05) is 6.54 Å². The number of nitrogens with one attached hydrogen (secondary N) is 1. The van der Waals surface area contributed by atoms with Gasteiger partial charge < -0.3 is 5.32 Å². The first-order valence-electron chi connectivity index (χ1n) is 6.22. The van der Waals surface area contributed by atoms with Gasteiger partial charge >= 0.3 is 0 Å². The molecule has 0 saturated heterocycles. The molecule has 3 aromatic rings. The molecule has 0 bridgehead atoms. The lowest BCUT2D eigenvalue weighted by molar-refractivity contribution is 0.671. The van der Waals surface area contributed by atoms with Gasteiger partial charge in [0, 0.05) is 38.1 Å². The zero-order valence-electron chi connectivity index (χ0n) is 10.4. The van der Waals surface area contributed by atoms with E-state index in [0.717, 1.165) is 30.7 Å². The van der Waals surface area contributed by atoms with Crippen LogP contribution in [0.1, 0.15) is 10.7 Å². The standard InChI is InChI=1S/C14H14N4S/c1-2-4-13-12(3-1)18-14(19-13)5-6-15-9-11-10-16-7-8-17-11/h1-4,7-8,10,15H,5-6,9H2. The summed E-state index contributed by atoms with van der Waals surface area (Å²) < 4.78 is 1.26. The molecular weight excluding hydrogens is 256 g/mol. The molecule has 0 radical (unpaired) electrons. The second-order valence-electron chi connectivity index (χ2n) is 4.20. The van der Waals surface area contributed by atoms with Crippen LogP contribution in [-0.2, 0) is 13.0 Å². The Bertz CT molecular complexity index is 618. The third-order valence-corrected chi connectivity index (χ3v) is 3.87. The van der Waals surface area contributed by atoms with Gasteiger partial charge in [0.05, 0.1) is 20.9 Å². The van der Waals surface area contributed by atoms with E-state index in [4.69, 9.17) is 0 Å². The lowest BCUT2D eigenvalue weighted by Crippen LogP contribution is -2.17. The van der Waals surface area contributed by atoms with Crippen molar-refractivity contribution in [3.63, 3.8) is 0 Å². The topological polar surface area (TPSA) is 50.7 Å². The number of thiazole rings is 1. The number of hydrogen-bond acceptors (Lipinski definition) is 5. The Balaban J connectivity index is 1.52. The van der Waals surface area contributed by atoms with Crippen molar-refractivity contribution in [2.45, 2.75) is 13.0 Å². The molecule has 1 aromatic carbocycles. The zero-order chi connectivity index (χ0) is 12.9. The summed E-state index contributed by atoms with van der Waals surface area (Å²) in [5, 5.41) is 4.53. The van der Waals surface area contributed by atoms with Crippen molar-refractivity contribution in [3.05, 3.63) is 53.6 Å². The summed E-state index contributed by atoms with van der Waals surface area (Å²) in [6.45, 7) is 1.65. The van der Waals surface area contributed by atoms with Gasteiger partial charge in [-0.25, -0.2) is 4.98 Å². The van der Waals surface area contributed by atoms with Crippen LogP contribution in [0, 0.1) is 0 Å². The summed E-state index contributed by atoms with van der Waals surface area (Å²) in [7, 11) is 0. The first-order chi connectivity index (χ1) is 9.42. The molecule has 0 spiro atoms. The molecule has 2 aromatic heterocycles. The summed E-state index contributed by atoms with van der Waals surface area (Å²) in [4.78, 5) is 12.9. The summed E-state index contributed by atoms with van der Waals surface area (Å²) >= 11 is 1.76. The van der Waals surface area contributed by atoms with E-state index in [1.165, 1.54) is 9.71 Å². The van der Waals surface area contributed by atoms with Gasteiger partial charge in [-0.05, 0) is 12.1 Å². The number of fused-ring (bicyclic) bond motifs is 1. The fourth-order valence-corrected chi connectivity index (χ4v) is 2.83. The molecular formula is C14H14N4S. The molecule has 19 heavy (non-hydrogen) atoms. The first-order valence-corrected chi connectivity index (χ1v) is 7.03. The van der Waals surface area contributed by atoms with E-state index in [0.29, 0.717) is 0 Å². The average molecular weight is 270 g/mol. The highest BCUT2D eigenvalue weighted by Crippen LogP contribution is 2.21. The van der Waals surface area contributed by atoms with Crippen LogP contribution in [0.15, 0.2) is 42.9 Å². The molecule has 0 amide bonds. The predicted molar refractivity (Wildman–Crippen MR) is 77.1 cm³/mol. The predicted octanol–water partition coefficient (Wildman–Crippen LogP) is 2.42. The maximum atomic E-state index is 4.61. The summed E-state index contributed by atoms with van der Waals surface area (Å²) in [6.07, 6.45) is 6.12. The van der Waals surface area contributed by atoms with Gasteiger partial charge in [0.1, 0.15) is 0 Å². The fraction of sp³-hybridized carbons (Fsp3) is 0.214. The van der Waals surface area contributed by atoms with E-state index >= 15 is 0 Å². The van der Waals surface area contributed by atoms with Crippen LogP contribution in [0.2, 0.25) is 0 Å². The number of benzene rings is 1. The minimum atomic E-state index is 0.749. The Kier molecular flexibility index (Phi) is 3.76. The van der Waals surface area contributed by atoms with Gasteiger partial charge in [0.25, 0.3) is 0 Å². The van der Waals surface area contributed by atoms with Crippen molar-refractivity contribution in [2.24, 2.45) is 0 Å². The van der Waals surface area contributed by atoms with Crippen molar-refractivity contribution < 1.29 is 0 Å². The molecule has 0 fully saturated rings. The fourth-order valence-electron chi connectivity index (χ4n) is 1.86. The number of hydrogen-bond donors (Lipinski definition) is 1. The number of nitrogens with zero attached hydrogens (tertiary/aromatic N) is 3. The third-order valence-electron chi connectivity index (χ3n) is 2.78. The van der Waals surface area contributed by atoms with Gasteiger partial charge in [0.2, 0.25) is 0 Å². The van der Waals surface area contributed by atoms with E-state index in [1.54, 1.807) is 29.9 Å². The molecule has 5 heteroatoms. The van der Waals surface area contributed by atoms with Crippen molar-refractivity contribution in [1.29, 1.82) is 0 Å². The van der Waals surface area contributed by atoms with Crippen LogP contribution >= 0.6 is 11.3 Å². The summed E-state index contributed by atoms with van der Waals surface area (Å²) in [5.74, 6) is 0. The molecule has 0 aliphatic carbocycles. The normalized spacial score (nSPS) is 10.9. The second-order valence-corrected chi connectivity index (χ2v) is 5.31. The van der Waals surface area contributed by atoms with E-state index in [-0.39, 0.29) is 0 Å². The van der Waals surface area contributed by atoms with Gasteiger partial charge in [-0.2, -0.15) is 0 Å².